The highest BCUT2D eigenvalue weighted by molar-refractivity contribution is 4.47. The van der Waals surface area contributed by atoms with Crippen molar-refractivity contribution in [2.45, 2.75) is 19.4 Å². The van der Waals surface area contributed by atoms with Gasteiger partial charge in [0.2, 0.25) is 0 Å². The Morgan fingerprint density at radius 3 is 1.69 bits per heavy atom. The van der Waals surface area contributed by atoms with Gasteiger partial charge in [0, 0.05) is 0 Å². The van der Waals surface area contributed by atoms with E-state index in [9.17, 15) is 0 Å². The number of hydrogen-bond acceptors (Lipinski definition) is 6. The molecule has 0 aliphatic heterocycles. The number of aliphatic hydroxyl groups excluding tert-OH is 4. The first-order valence-electron chi connectivity index (χ1n) is 5.39. The molecular weight excluding hydrogens is 216 g/mol. The van der Waals surface area contributed by atoms with Crippen molar-refractivity contribution in [1.82, 2.24) is 0 Å². The second-order valence-corrected chi connectivity index (χ2v) is 2.92. The minimum Gasteiger partial charge on any atom is -0.394 e. The van der Waals surface area contributed by atoms with Gasteiger partial charge in [0.15, 0.2) is 0 Å². The van der Waals surface area contributed by atoms with Crippen molar-refractivity contribution >= 4 is 0 Å². The van der Waals surface area contributed by atoms with Gasteiger partial charge >= 0.3 is 0 Å². The van der Waals surface area contributed by atoms with Crippen LogP contribution in [-0.2, 0) is 9.47 Å². The molecule has 0 saturated heterocycles. The maximum absolute atomic E-state index is 8.88. The van der Waals surface area contributed by atoms with Crippen LogP contribution in [0.5, 0.6) is 0 Å². The Morgan fingerprint density at radius 2 is 1.31 bits per heavy atom. The van der Waals surface area contributed by atoms with Crippen molar-refractivity contribution in [2.24, 2.45) is 0 Å². The number of ether oxygens (including phenoxy) is 2. The fraction of sp³-hybridized carbons (Fsp3) is 1.00. The molecule has 0 spiro atoms. The molecule has 0 aliphatic rings. The Morgan fingerprint density at radius 1 is 0.875 bits per heavy atom. The molecule has 0 rings (SSSR count). The van der Waals surface area contributed by atoms with Gasteiger partial charge in [0.25, 0.3) is 0 Å². The third-order valence-corrected chi connectivity index (χ3v) is 1.49. The lowest BCUT2D eigenvalue weighted by Gasteiger charge is -2.06. The fourth-order valence-corrected chi connectivity index (χ4v) is 0.633. The Labute approximate surface area is 96.4 Å². The summed E-state index contributed by atoms with van der Waals surface area (Å²) < 4.78 is 9.47. The molecule has 6 heteroatoms. The van der Waals surface area contributed by atoms with Crippen LogP contribution in [0.25, 0.3) is 0 Å². The van der Waals surface area contributed by atoms with Crippen LogP contribution in [-0.4, -0.2) is 72.8 Å². The monoisotopic (exact) mass is 240 g/mol. The van der Waals surface area contributed by atoms with Crippen LogP contribution in [0, 0.1) is 0 Å². The molecule has 0 bridgehead atoms. The van der Waals surface area contributed by atoms with Gasteiger partial charge in [0.1, 0.15) is 0 Å². The van der Waals surface area contributed by atoms with E-state index in [0.29, 0.717) is 32.8 Å². The minimum absolute atomic E-state index is 0.0242. The molecule has 100 valence electrons. The molecule has 0 aromatic heterocycles. The molecule has 0 aromatic rings. The summed E-state index contributed by atoms with van der Waals surface area (Å²) in [5.41, 5.74) is 0. The topological polar surface area (TPSA) is 99.4 Å². The van der Waals surface area contributed by atoms with Crippen LogP contribution in [0.1, 0.15) is 13.3 Å². The largest absolute Gasteiger partial charge is 0.394 e. The zero-order chi connectivity index (χ0) is 12.6. The SMILES string of the molecule is CCC(O)COCCO.OCCOCCO. The van der Waals surface area contributed by atoms with E-state index in [-0.39, 0.29) is 25.9 Å². The molecule has 0 amide bonds. The Kier molecular flexibility index (Phi) is 19.5. The first kappa shape index (κ1) is 18.1. The predicted octanol–water partition coefficient (Wildman–Crippen LogP) is -1.25. The third-order valence-electron chi connectivity index (χ3n) is 1.49. The Balaban J connectivity index is 0. The van der Waals surface area contributed by atoms with Crippen LogP contribution >= 0.6 is 0 Å². The van der Waals surface area contributed by atoms with Crippen LogP contribution in [0.4, 0.5) is 0 Å². The summed E-state index contributed by atoms with van der Waals surface area (Å²) in [4.78, 5) is 0. The molecule has 6 nitrogen and oxygen atoms in total. The molecular formula is C10H24O6. The molecule has 1 atom stereocenters. The smallest absolute Gasteiger partial charge is 0.0771 e. The van der Waals surface area contributed by atoms with E-state index in [2.05, 4.69) is 4.74 Å². The van der Waals surface area contributed by atoms with Crippen LogP contribution in [0.3, 0.4) is 0 Å². The van der Waals surface area contributed by atoms with Crippen LogP contribution in [0.15, 0.2) is 0 Å². The molecule has 4 N–H and O–H groups in total. The summed E-state index contributed by atoms with van der Waals surface area (Å²) in [6, 6.07) is 0. The molecule has 0 heterocycles. The first-order valence-corrected chi connectivity index (χ1v) is 5.39. The van der Waals surface area contributed by atoms with Crippen molar-refractivity contribution in [3.8, 4) is 0 Å². The van der Waals surface area contributed by atoms with E-state index in [0.717, 1.165) is 0 Å². The molecule has 0 saturated carbocycles. The van der Waals surface area contributed by atoms with Gasteiger partial charge in [-0.15, -0.1) is 0 Å². The second-order valence-electron chi connectivity index (χ2n) is 2.92. The summed E-state index contributed by atoms with van der Waals surface area (Å²) in [5, 5.41) is 33.3. The average molecular weight is 240 g/mol. The fourth-order valence-electron chi connectivity index (χ4n) is 0.633. The van der Waals surface area contributed by atoms with Crippen molar-refractivity contribution in [1.29, 1.82) is 0 Å². The van der Waals surface area contributed by atoms with Crippen molar-refractivity contribution in [3.05, 3.63) is 0 Å². The Hall–Kier alpha value is -0.240. The molecule has 0 fully saturated rings. The van der Waals surface area contributed by atoms with Gasteiger partial charge in [0.05, 0.1) is 52.4 Å². The van der Waals surface area contributed by atoms with Crippen LogP contribution in [0.2, 0.25) is 0 Å². The number of hydrogen-bond donors (Lipinski definition) is 4. The maximum atomic E-state index is 8.88. The zero-order valence-electron chi connectivity index (χ0n) is 9.84. The minimum atomic E-state index is -0.378. The third kappa shape index (κ3) is 19.4. The summed E-state index contributed by atoms with van der Waals surface area (Å²) in [7, 11) is 0. The molecule has 16 heavy (non-hydrogen) atoms. The second kappa shape index (κ2) is 17.2. The molecule has 0 radical (unpaired) electrons. The predicted molar refractivity (Wildman–Crippen MR) is 59.2 cm³/mol. The molecule has 0 aliphatic carbocycles. The van der Waals surface area contributed by atoms with Crippen molar-refractivity contribution < 1.29 is 29.9 Å². The summed E-state index contributed by atoms with van der Waals surface area (Å²) >= 11 is 0. The van der Waals surface area contributed by atoms with E-state index in [4.69, 9.17) is 25.2 Å². The lowest BCUT2D eigenvalue weighted by Crippen LogP contribution is -2.15. The van der Waals surface area contributed by atoms with Gasteiger partial charge in [-0.3, -0.25) is 0 Å². The van der Waals surface area contributed by atoms with E-state index in [1.165, 1.54) is 0 Å². The van der Waals surface area contributed by atoms with Gasteiger partial charge < -0.3 is 29.9 Å². The zero-order valence-corrected chi connectivity index (χ0v) is 9.84. The lowest BCUT2D eigenvalue weighted by atomic mass is 10.3. The van der Waals surface area contributed by atoms with Gasteiger partial charge in [-0.05, 0) is 6.42 Å². The average Bonchev–Trinajstić information content (AvgIpc) is 2.31. The normalized spacial score (nSPS) is 11.8. The van der Waals surface area contributed by atoms with Gasteiger partial charge in [-0.2, -0.15) is 0 Å². The van der Waals surface area contributed by atoms with E-state index >= 15 is 0 Å². The highest BCUT2D eigenvalue weighted by Crippen LogP contribution is 1.89. The summed E-state index contributed by atoms with van der Waals surface area (Å²) in [6.45, 7) is 3.25. The summed E-state index contributed by atoms with van der Waals surface area (Å²) in [6.07, 6.45) is 0.322. The van der Waals surface area contributed by atoms with Crippen LogP contribution < -0.4 is 0 Å². The van der Waals surface area contributed by atoms with Gasteiger partial charge in [-0.25, -0.2) is 0 Å². The summed E-state index contributed by atoms with van der Waals surface area (Å²) in [5.74, 6) is 0. The van der Waals surface area contributed by atoms with Crippen molar-refractivity contribution in [3.63, 3.8) is 0 Å². The standard InChI is InChI=1S/C6H14O3.C4H10O3/c1-2-6(8)5-9-4-3-7;5-1-3-7-4-2-6/h6-8H,2-5H2,1H3;5-6H,1-4H2. The quantitative estimate of drug-likeness (QED) is 0.376. The van der Waals surface area contributed by atoms with Crippen molar-refractivity contribution in [2.75, 3.05) is 46.2 Å². The van der Waals surface area contributed by atoms with E-state index in [1.54, 1.807) is 0 Å². The number of aliphatic hydroxyl groups is 4. The number of rotatable bonds is 9. The molecule has 1 unspecified atom stereocenters. The Bertz CT molecular complexity index is 107. The molecule has 0 aromatic carbocycles. The van der Waals surface area contributed by atoms with E-state index < -0.39 is 0 Å². The van der Waals surface area contributed by atoms with E-state index in [1.807, 2.05) is 6.92 Å². The highest BCUT2D eigenvalue weighted by atomic mass is 16.5. The maximum Gasteiger partial charge on any atom is 0.0771 e. The van der Waals surface area contributed by atoms with Gasteiger partial charge in [-0.1, -0.05) is 6.92 Å². The highest BCUT2D eigenvalue weighted by Gasteiger charge is 1.97. The first-order chi connectivity index (χ1) is 7.72. The lowest BCUT2D eigenvalue weighted by molar-refractivity contribution is 0.0201.